The molecule has 8 nitrogen and oxygen atoms in total. The van der Waals surface area contributed by atoms with Crippen LogP contribution in [0, 0.1) is 6.92 Å². The number of aromatic nitrogens is 5. The van der Waals surface area contributed by atoms with Gasteiger partial charge in [0.25, 0.3) is 5.89 Å². The van der Waals surface area contributed by atoms with E-state index < -0.39 is 0 Å². The molecule has 0 radical (unpaired) electrons. The second kappa shape index (κ2) is 5.91. The van der Waals surface area contributed by atoms with Crippen molar-refractivity contribution in [1.29, 1.82) is 0 Å². The molecule has 2 aliphatic heterocycles. The highest BCUT2D eigenvalue weighted by Crippen LogP contribution is 2.40. The van der Waals surface area contributed by atoms with Gasteiger partial charge in [0.2, 0.25) is 0 Å². The Bertz CT molecular complexity index is 908. The number of H-pyrrole nitrogens is 1. The van der Waals surface area contributed by atoms with E-state index in [1.807, 2.05) is 18.3 Å². The van der Waals surface area contributed by atoms with Crippen LogP contribution in [0.5, 0.6) is 0 Å². The zero-order valence-electron chi connectivity index (χ0n) is 14.6. The molecule has 3 aromatic rings. The van der Waals surface area contributed by atoms with E-state index in [4.69, 9.17) is 9.26 Å². The lowest BCUT2D eigenvalue weighted by Crippen LogP contribution is -2.47. The molecule has 8 heteroatoms. The highest BCUT2D eigenvalue weighted by atomic mass is 16.5. The fourth-order valence-corrected chi connectivity index (χ4v) is 3.93. The maximum atomic E-state index is 6.21. The average molecular weight is 352 g/mol. The van der Waals surface area contributed by atoms with Crippen LogP contribution in [0.2, 0.25) is 0 Å². The fourth-order valence-electron chi connectivity index (χ4n) is 3.93. The Morgan fingerprint density at radius 1 is 1.19 bits per heavy atom. The lowest BCUT2D eigenvalue weighted by atomic mass is 9.84. The van der Waals surface area contributed by atoms with Crippen LogP contribution in [0.1, 0.15) is 29.9 Å². The highest BCUT2D eigenvalue weighted by molar-refractivity contribution is 5.54. The van der Waals surface area contributed by atoms with Crippen LogP contribution in [-0.2, 0) is 16.8 Å². The Labute approximate surface area is 150 Å². The molecule has 1 spiro atoms. The van der Waals surface area contributed by atoms with Gasteiger partial charge in [0, 0.05) is 19.3 Å². The number of hydrogen-bond acceptors (Lipinski definition) is 7. The summed E-state index contributed by atoms with van der Waals surface area (Å²) in [6.07, 6.45) is 6.51. The van der Waals surface area contributed by atoms with E-state index in [0.717, 1.165) is 50.3 Å². The van der Waals surface area contributed by atoms with Gasteiger partial charge in [-0.2, -0.15) is 10.1 Å². The van der Waals surface area contributed by atoms with Gasteiger partial charge in [-0.3, -0.25) is 5.10 Å². The van der Waals surface area contributed by atoms with Crippen LogP contribution in [0.3, 0.4) is 0 Å². The second-order valence-corrected chi connectivity index (χ2v) is 6.90. The number of fused-ring (bicyclic) bond motifs is 2. The SMILES string of the molecule is Cc1noc(-c2ccc(N3CCC4(CC3)OCCc3cn[nH]c34)nc2)n1. The molecule has 0 atom stereocenters. The minimum Gasteiger partial charge on any atom is -0.368 e. The standard InChI is InChI=1S/C18H20N6O2/c1-12-21-17(26-23-12)14-2-3-15(19-10-14)24-7-5-18(6-8-24)16-13(4-9-25-18)11-20-22-16/h2-3,10-11H,4-9H2,1H3,(H,20,22). The summed E-state index contributed by atoms with van der Waals surface area (Å²) in [6, 6.07) is 3.99. The smallest absolute Gasteiger partial charge is 0.259 e. The van der Waals surface area contributed by atoms with Gasteiger partial charge in [-0.05, 0) is 43.9 Å². The van der Waals surface area contributed by atoms with Gasteiger partial charge in [-0.25, -0.2) is 4.98 Å². The number of anilines is 1. The number of piperidine rings is 1. The fraction of sp³-hybridized carbons (Fsp3) is 0.444. The molecule has 1 N–H and O–H groups in total. The van der Waals surface area contributed by atoms with E-state index >= 15 is 0 Å². The first-order valence-electron chi connectivity index (χ1n) is 8.92. The predicted molar refractivity (Wildman–Crippen MR) is 93.6 cm³/mol. The van der Waals surface area contributed by atoms with Crippen molar-refractivity contribution in [2.24, 2.45) is 0 Å². The highest BCUT2D eigenvalue weighted by Gasteiger charge is 2.42. The summed E-state index contributed by atoms with van der Waals surface area (Å²) >= 11 is 0. The summed E-state index contributed by atoms with van der Waals surface area (Å²) in [6.45, 7) is 4.36. The van der Waals surface area contributed by atoms with Crippen LogP contribution < -0.4 is 4.90 Å². The van der Waals surface area contributed by atoms with Crippen LogP contribution in [0.4, 0.5) is 5.82 Å². The van der Waals surface area contributed by atoms with Gasteiger partial charge in [0.1, 0.15) is 11.4 Å². The number of pyridine rings is 1. The molecule has 5 heterocycles. The van der Waals surface area contributed by atoms with E-state index in [1.54, 1.807) is 13.1 Å². The molecule has 0 amide bonds. The Hall–Kier alpha value is -2.74. The summed E-state index contributed by atoms with van der Waals surface area (Å²) in [7, 11) is 0. The van der Waals surface area contributed by atoms with Crippen molar-refractivity contribution >= 4 is 5.82 Å². The van der Waals surface area contributed by atoms with Crippen LogP contribution in [0.15, 0.2) is 29.0 Å². The van der Waals surface area contributed by atoms with E-state index in [9.17, 15) is 0 Å². The van der Waals surface area contributed by atoms with Gasteiger partial charge in [-0.1, -0.05) is 5.16 Å². The summed E-state index contributed by atoms with van der Waals surface area (Å²) in [5.74, 6) is 2.08. The Balaban J connectivity index is 1.32. The molecule has 0 saturated carbocycles. The third kappa shape index (κ3) is 2.48. The van der Waals surface area contributed by atoms with Crippen molar-refractivity contribution in [1.82, 2.24) is 25.3 Å². The molecular formula is C18H20N6O2. The van der Waals surface area contributed by atoms with Gasteiger partial charge in [-0.15, -0.1) is 0 Å². The molecule has 5 rings (SSSR count). The maximum absolute atomic E-state index is 6.21. The number of nitrogens with zero attached hydrogens (tertiary/aromatic N) is 5. The maximum Gasteiger partial charge on any atom is 0.259 e. The summed E-state index contributed by atoms with van der Waals surface area (Å²) in [5.41, 5.74) is 3.07. The van der Waals surface area contributed by atoms with E-state index in [0.29, 0.717) is 11.7 Å². The van der Waals surface area contributed by atoms with Crippen molar-refractivity contribution in [3.05, 3.63) is 41.6 Å². The van der Waals surface area contributed by atoms with Gasteiger partial charge in [0.15, 0.2) is 5.82 Å². The molecule has 2 aliphatic rings. The number of aromatic amines is 1. The molecular weight excluding hydrogens is 332 g/mol. The topological polar surface area (TPSA) is 93.0 Å². The third-order valence-electron chi connectivity index (χ3n) is 5.34. The van der Waals surface area contributed by atoms with Crippen molar-refractivity contribution in [2.45, 2.75) is 31.8 Å². The largest absolute Gasteiger partial charge is 0.368 e. The number of nitrogens with one attached hydrogen (secondary N) is 1. The van der Waals surface area contributed by atoms with Crippen LogP contribution >= 0.6 is 0 Å². The zero-order valence-corrected chi connectivity index (χ0v) is 14.6. The zero-order chi connectivity index (χ0) is 17.6. The Morgan fingerprint density at radius 3 is 2.81 bits per heavy atom. The van der Waals surface area contributed by atoms with Crippen LogP contribution in [-0.4, -0.2) is 45.0 Å². The Morgan fingerprint density at radius 2 is 2.08 bits per heavy atom. The van der Waals surface area contributed by atoms with Crippen LogP contribution in [0.25, 0.3) is 11.5 Å². The molecule has 1 fully saturated rings. The quantitative estimate of drug-likeness (QED) is 0.756. The van der Waals surface area contributed by atoms with Gasteiger partial charge < -0.3 is 14.2 Å². The van der Waals surface area contributed by atoms with Crippen molar-refractivity contribution < 1.29 is 9.26 Å². The first-order chi connectivity index (χ1) is 12.7. The first-order valence-corrected chi connectivity index (χ1v) is 8.92. The predicted octanol–water partition coefficient (Wildman–Crippen LogP) is 2.23. The van der Waals surface area contributed by atoms with E-state index in [-0.39, 0.29) is 5.60 Å². The normalized spacial score (nSPS) is 18.9. The second-order valence-electron chi connectivity index (χ2n) is 6.90. The lowest BCUT2D eigenvalue weighted by molar-refractivity contribution is -0.0796. The van der Waals surface area contributed by atoms with Crippen molar-refractivity contribution in [2.75, 3.05) is 24.6 Å². The monoisotopic (exact) mass is 352 g/mol. The van der Waals surface area contributed by atoms with Crippen molar-refractivity contribution in [3.8, 4) is 11.5 Å². The first kappa shape index (κ1) is 15.5. The number of hydrogen-bond donors (Lipinski definition) is 1. The van der Waals surface area contributed by atoms with Gasteiger partial charge in [0.05, 0.1) is 24.1 Å². The molecule has 0 unspecified atom stereocenters. The van der Waals surface area contributed by atoms with Gasteiger partial charge >= 0.3 is 0 Å². The summed E-state index contributed by atoms with van der Waals surface area (Å²) in [5, 5.41) is 11.2. The average Bonchev–Trinajstić information content (AvgIpc) is 3.33. The lowest BCUT2D eigenvalue weighted by Gasteiger charge is -2.43. The Kier molecular flexibility index (Phi) is 3.53. The van der Waals surface area contributed by atoms with E-state index in [1.165, 1.54) is 11.3 Å². The molecule has 134 valence electrons. The van der Waals surface area contributed by atoms with Crippen molar-refractivity contribution in [3.63, 3.8) is 0 Å². The summed E-state index contributed by atoms with van der Waals surface area (Å²) in [4.78, 5) is 11.1. The third-order valence-corrected chi connectivity index (χ3v) is 5.34. The minimum atomic E-state index is -0.220. The molecule has 0 aromatic carbocycles. The molecule has 0 bridgehead atoms. The molecule has 1 saturated heterocycles. The molecule has 3 aromatic heterocycles. The molecule has 26 heavy (non-hydrogen) atoms. The molecule has 0 aliphatic carbocycles. The number of rotatable bonds is 2. The number of ether oxygens (including phenoxy) is 1. The number of aryl methyl sites for hydroxylation is 1. The summed E-state index contributed by atoms with van der Waals surface area (Å²) < 4.78 is 11.4. The minimum absolute atomic E-state index is 0.220. The van der Waals surface area contributed by atoms with E-state index in [2.05, 4.69) is 30.2 Å².